The second kappa shape index (κ2) is 6.90. The maximum Gasteiger partial charge on any atom is 0.261 e. The summed E-state index contributed by atoms with van der Waals surface area (Å²) in [6, 6.07) is 3.28. The third-order valence-electron chi connectivity index (χ3n) is 4.15. The Bertz CT molecular complexity index is 708. The summed E-state index contributed by atoms with van der Waals surface area (Å²) in [6.07, 6.45) is 5.07. The molecule has 1 aromatic heterocycles. The number of nitrogens with zero attached hydrogens (tertiary/aromatic N) is 3. The van der Waals surface area contributed by atoms with Crippen LogP contribution in [0.5, 0.6) is 0 Å². The van der Waals surface area contributed by atoms with Crippen LogP contribution in [0.1, 0.15) is 30.1 Å². The SMILES string of the molecule is CC1CCN(c2ncc(NC(=O)c3c(F)cccc3F)cn2)CC1. The average molecular weight is 332 g/mol. The lowest BCUT2D eigenvalue weighted by Gasteiger charge is -2.30. The summed E-state index contributed by atoms with van der Waals surface area (Å²) >= 11 is 0. The smallest absolute Gasteiger partial charge is 0.261 e. The molecule has 3 rings (SSSR count). The number of carbonyl (C=O) groups excluding carboxylic acids is 1. The van der Waals surface area contributed by atoms with E-state index < -0.39 is 23.1 Å². The minimum Gasteiger partial charge on any atom is -0.341 e. The average Bonchev–Trinajstić information content (AvgIpc) is 2.56. The summed E-state index contributed by atoms with van der Waals surface area (Å²) in [5.74, 6) is -1.39. The van der Waals surface area contributed by atoms with Crippen LogP contribution in [-0.4, -0.2) is 29.0 Å². The van der Waals surface area contributed by atoms with Crippen LogP contribution < -0.4 is 10.2 Å². The van der Waals surface area contributed by atoms with Gasteiger partial charge in [-0.3, -0.25) is 4.79 Å². The number of amides is 1. The van der Waals surface area contributed by atoms with Crippen molar-refractivity contribution in [2.75, 3.05) is 23.3 Å². The number of hydrogen-bond acceptors (Lipinski definition) is 4. The fraction of sp³-hybridized carbons (Fsp3) is 0.353. The van der Waals surface area contributed by atoms with Gasteiger partial charge in [0.15, 0.2) is 0 Å². The molecule has 5 nitrogen and oxygen atoms in total. The van der Waals surface area contributed by atoms with E-state index in [1.165, 1.54) is 18.5 Å². The summed E-state index contributed by atoms with van der Waals surface area (Å²) in [5, 5.41) is 2.41. The molecule has 0 radical (unpaired) electrons. The molecule has 2 heterocycles. The molecule has 1 aliphatic heterocycles. The largest absolute Gasteiger partial charge is 0.341 e. The van der Waals surface area contributed by atoms with Crippen LogP contribution >= 0.6 is 0 Å². The van der Waals surface area contributed by atoms with Gasteiger partial charge in [-0.2, -0.15) is 0 Å². The standard InChI is InChI=1S/C17H18F2N4O/c1-11-5-7-23(8-6-11)17-20-9-12(10-21-17)22-16(24)15-13(18)3-2-4-14(15)19/h2-4,9-11H,5-8H2,1H3,(H,22,24). The highest BCUT2D eigenvalue weighted by molar-refractivity contribution is 6.04. The van der Waals surface area contributed by atoms with Gasteiger partial charge >= 0.3 is 0 Å². The first-order valence-electron chi connectivity index (χ1n) is 7.87. The second-order valence-electron chi connectivity index (χ2n) is 5.99. The highest BCUT2D eigenvalue weighted by Crippen LogP contribution is 2.20. The van der Waals surface area contributed by atoms with E-state index in [-0.39, 0.29) is 5.69 Å². The lowest BCUT2D eigenvalue weighted by molar-refractivity contribution is 0.101. The Labute approximate surface area is 138 Å². The van der Waals surface area contributed by atoms with Crippen molar-refractivity contribution >= 4 is 17.5 Å². The molecule has 0 spiro atoms. The van der Waals surface area contributed by atoms with Gasteiger partial charge in [0, 0.05) is 13.1 Å². The molecule has 1 aliphatic rings. The Kier molecular flexibility index (Phi) is 4.69. The van der Waals surface area contributed by atoms with Crippen molar-refractivity contribution in [2.45, 2.75) is 19.8 Å². The molecule has 1 N–H and O–H groups in total. The zero-order valence-electron chi connectivity index (χ0n) is 13.3. The van der Waals surface area contributed by atoms with Crippen molar-refractivity contribution < 1.29 is 13.6 Å². The van der Waals surface area contributed by atoms with Crippen LogP contribution in [0.25, 0.3) is 0 Å². The Balaban J connectivity index is 1.69. The molecule has 0 saturated carbocycles. The van der Waals surface area contributed by atoms with Gasteiger partial charge in [0.25, 0.3) is 5.91 Å². The summed E-state index contributed by atoms with van der Waals surface area (Å²) in [6.45, 7) is 4.01. The lowest BCUT2D eigenvalue weighted by Crippen LogP contribution is -2.34. The molecule has 2 aromatic rings. The van der Waals surface area contributed by atoms with Crippen LogP contribution in [0.4, 0.5) is 20.4 Å². The minimum atomic E-state index is -0.910. The second-order valence-corrected chi connectivity index (χ2v) is 5.99. The van der Waals surface area contributed by atoms with Gasteiger partial charge in [-0.25, -0.2) is 18.7 Å². The highest BCUT2D eigenvalue weighted by Gasteiger charge is 2.19. The fourth-order valence-electron chi connectivity index (χ4n) is 2.67. The minimum absolute atomic E-state index is 0.289. The Morgan fingerprint density at radius 1 is 1.17 bits per heavy atom. The highest BCUT2D eigenvalue weighted by atomic mass is 19.1. The number of hydrogen-bond donors (Lipinski definition) is 1. The van der Waals surface area contributed by atoms with E-state index in [1.54, 1.807) is 0 Å². The fourth-order valence-corrected chi connectivity index (χ4v) is 2.67. The van der Waals surface area contributed by atoms with E-state index in [0.29, 0.717) is 11.9 Å². The molecule has 0 aliphatic carbocycles. The van der Waals surface area contributed by atoms with Crippen LogP contribution in [0.2, 0.25) is 0 Å². The zero-order chi connectivity index (χ0) is 17.1. The molecule has 1 amide bonds. The van der Waals surface area contributed by atoms with Gasteiger partial charge in [-0.05, 0) is 30.9 Å². The molecule has 1 saturated heterocycles. The van der Waals surface area contributed by atoms with Gasteiger partial charge in [0.05, 0.1) is 18.1 Å². The summed E-state index contributed by atoms with van der Waals surface area (Å²) in [4.78, 5) is 22.6. The molecule has 0 unspecified atom stereocenters. The van der Waals surface area contributed by atoms with Crippen molar-refractivity contribution in [3.05, 3.63) is 47.8 Å². The van der Waals surface area contributed by atoms with Crippen molar-refractivity contribution in [1.82, 2.24) is 9.97 Å². The van der Waals surface area contributed by atoms with Crippen LogP contribution in [0.3, 0.4) is 0 Å². The van der Waals surface area contributed by atoms with Crippen molar-refractivity contribution in [1.29, 1.82) is 0 Å². The van der Waals surface area contributed by atoms with E-state index in [9.17, 15) is 13.6 Å². The molecule has 1 fully saturated rings. The number of carbonyl (C=O) groups is 1. The normalized spacial score (nSPS) is 15.4. The molecule has 24 heavy (non-hydrogen) atoms. The third-order valence-corrected chi connectivity index (χ3v) is 4.15. The van der Waals surface area contributed by atoms with E-state index in [2.05, 4.69) is 27.1 Å². The molecule has 0 atom stereocenters. The first-order chi connectivity index (χ1) is 11.5. The molecule has 0 bridgehead atoms. The summed E-state index contributed by atoms with van der Waals surface area (Å²) in [7, 11) is 0. The predicted molar refractivity (Wildman–Crippen MR) is 87.0 cm³/mol. The van der Waals surface area contributed by atoms with Crippen molar-refractivity contribution in [3.8, 4) is 0 Å². The van der Waals surface area contributed by atoms with Gasteiger partial charge in [0.2, 0.25) is 5.95 Å². The Morgan fingerprint density at radius 3 is 2.33 bits per heavy atom. The van der Waals surface area contributed by atoms with E-state index in [4.69, 9.17) is 0 Å². The molecular formula is C17H18F2N4O. The number of halogens is 2. The van der Waals surface area contributed by atoms with Gasteiger partial charge in [0.1, 0.15) is 17.2 Å². The van der Waals surface area contributed by atoms with E-state index in [0.717, 1.165) is 38.1 Å². The maximum absolute atomic E-state index is 13.6. The zero-order valence-corrected chi connectivity index (χ0v) is 13.3. The monoisotopic (exact) mass is 332 g/mol. The quantitative estimate of drug-likeness (QED) is 0.937. The van der Waals surface area contributed by atoms with Gasteiger partial charge < -0.3 is 10.2 Å². The number of anilines is 2. The molecule has 1 aromatic carbocycles. The first kappa shape index (κ1) is 16.3. The topological polar surface area (TPSA) is 58.1 Å². The predicted octanol–water partition coefficient (Wildman–Crippen LogP) is 3.24. The van der Waals surface area contributed by atoms with Crippen LogP contribution in [0.15, 0.2) is 30.6 Å². The molecule has 7 heteroatoms. The first-order valence-corrected chi connectivity index (χ1v) is 7.87. The number of benzene rings is 1. The Hall–Kier alpha value is -2.57. The van der Waals surface area contributed by atoms with Crippen LogP contribution in [-0.2, 0) is 0 Å². The third kappa shape index (κ3) is 3.50. The summed E-state index contributed by atoms with van der Waals surface area (Å²) < 4.78 is 27.2. The Morgan fingerprint density at radius 2 is 1.75 bits per heavy atom. The number of piperidine rings is 1. The number of nitrogens with one attached hydrogen (secondary N) is 1. The van der Waals surface area contributed by atoms with E-state index >= 15 is 0 Å². The number of aromatic nitrogens is 2. The van der Waals surface area contributed by atoms with Crippen molar-refractivity contribution in [2.24, 2.45) is 5.92 Å². The van der Waals surface area contributed by atoms with Crippen LogP contribution in [0, 0.1) is 17.6 Å². The molecular weight excluding hydrogens is 314 g/mol. The molecule has 126 valence electrons. The van der Waals surface area contributed by atoms with Gasteiger partial charge in [-0.15, -0.1) is 0 Å². The lowest BCUT2D eigenvalue weighted by atomic mass is 10.00. The maximum atomic E-state index is 13.6. The van der Waals surface area contributed by atoms with Gasteiger partial charge in [-0.1, -0.05) is 13.0 Å². The summed E-state index contributed by atoms with van der Waals surface area (Å²) in [5.41, 5.74) is -0.330. The van der Waals surface area contributed by atoms with E-state index in [1.807, 2.05) is 0 Å². The van der Waals surface area contributed by atoms with Crippen molar-refractivity contribution in [3.63, 3.8) is 0 Å². The number of rotatable bonds is 3.